The van der Waals surface area contributed by atoms with Crippen LogP contribution in [0.1, 0.15) is 19.0 Å². The van der Waals surface area contributed by atoms with Crippen LogP contribution in [-0.2, 0) is 6.42 Å². The van der Waals surface area contributed by atoms with Gasteiger partial charge < -0.3 is 4.74 Å². The van der Waals surface area contributed by atoms with Crippen molar-refractivity contribution in [2.24, 2.45) is 0 Å². The van der Waals surface area contributed by atoms with E-state index < -0.39 is 0 Å². The first kappa shape index (κ1) is 12.7. The smallest absolute Gasteiger partial charge is 0.129 e. The number of benzene rings is 1. The number of methoxy groups -OCH3 is 1. The summed E-state index contributed by atoms with van der Waals surface area (Å²) in [7, 11) is 1.65. The second kappa shape index (κ2) is 5.23. The molecule has 1 aromatic carbocycles. The van der Waals surface area contributed by atoms with Gasteiger partial charge in [0, 0.05) is 10.2 Å². The number of halogens is 2. The van der Waals surface area contributed by atoms with E-state index >= 15 is 0 Å². The van der Waals surface area contributed by atoms with Gasteiger partial charge in [0.15, 0.2) is 0 Å². The topological polar surface area (TPSA) is 22.1 Å². The van der Waals surface area contributed by atoms with Gasteiger partial charge in [-0.2, -0.15) is 0 Å². The molecule has 0 aliphatic heterocycles. The van der Waals surface area contributed by atoms with Gasteiger partial charge in [-0.1, -0.05) is 24.9 Å². The van der Waals surface area contributed by atoms with E-state index in [0.29, 0.717) is 5.02 Å². The maximum Gasteiger partial charge on any atom is 0.129 e. The maximum absolute atomic E-state index is 6.19. The van der Waals surface area contributed by atoms with Crippen molar-refractivity contribution in [3.05, 3.63) is 33.4 Å². The Bertz CT molecular complexity index is 557. The fraction of sp³-hybridized carbons (Fsp3) is 0.308. The molecule has 0 fully saturated rings. The Morgan fingerprint density at radius 1 is 1.41 bits per heavy atom. The third kappa shape index (κ3) is 2.40. The van der Waals surface area contributed by atoms with E-state index in [4.69, 9.17) is 16.3 Å². The lowest BCUT2D eigenvalue weighted by Crippen LogP contribution is -1.94. The average molecular weight is 315 g/mol. The number of fused-ring (bicyclic) bond motifs is 1. The molecule has 0 radical (unpaired) electrons. The summed E-state index contributed by atoms with van der Waals surface area (Å²) >= 11 is 9.76. The van der Waals surface area contributed by atoms with Crippen molar-refractivity contribution in [3.8, 4) is 5.75 Å². The fourth-order valence-electron chi connectivity index (χ4n) is 1.84. The molecule has 0 atom stereocenters. The molecule has 0 spiro atoms. The summed E-state index contributed by atoms with van der Waals surface area (Å²) in [4.78, 5) is 4.59. The van der Waals surface area contributed by atoms with Crippen LogP contribution < -0.4 is 4.74 Å². The number of ether oxygens (including phenoxy) is 1. The van der Waals surface area contributed by atoms with Gasteiger partial charge in [-0.3, -0.25) is 4.98 Å². The molecular formula is C13H13BrClNO. The summed E-state index contributed by atoms with van der Waals surface area (Å²) in [5, 5.41) is 1.58. The van der Waals surface area contributed by atoms with Gasteiger partial charge in [0.25, 0.3) is 0 Å². The molecule has 0 saturated carbocycles. The van der Waals surface area contributed by atoms with Crippen molar-refractivity contribution in [3.63, 3.8) is 0 Å². The summed E-state index contributed by atoms with van der Waals surface area (Å²) < 4.78 is 6.31. The van der Waals surface area contributed by atoms with Crippen LogP contribution in [0.2, 0.25) is 5.02 Å². The minimum absolute atomic E-state index is 0.652. The first-order valence-electron chi connectivity index (χ1n) is 5.49. The zero-order chi connectivity index (χ0) is 12.4. The maximum atomic E-state index is 6.19. The predicted octanol–water partition coefficient (Wildman–Crippen LogP) is 4.61. The minimum atomic E-state index is 0.652. The van der Waals surface area contributed by atoms with E-state index in [0.717, 1.165) is 39.7 Å². The van der Waals surface area contributed by atoms with Gasteiger partial charge in [0.2, 0.25) is 0 Å². The molecule has 2 rings (SSSR count). The minimum Gasteiger partial charge on any atom is -0.496 e. The SMILES string of the molecule is CCCc1cc(Br)c2c(OC)ccc(Cl)c2n1. The monoisotopic (exact) mass is 313 g/mol. The molecular weight excluding hydrogens is 302 g/mol. The molecule has 0 aliphatic rings. The lowest BCUT2D eigenvalue weighted by molar-refractivity contribution is 0.419. The highest BCUT2D eigenvalue weighted by Gasteiger charge is 2.11. The molecule has 90 valence electrons. The van der Waals surface area contributed by atoms with Crippen molar-refractivity contribution in [1.29, 1.82) is 0 Å². The first-order valence-corrected chi connectivity index (χ1v) is 6.66. The highest BCUT2D eigenvalue weighted by atomic mass is 79.9. The van der Waals surface area contributed by atoms with Crippen molar-refractivity contribution >= 4 is 38.4 Å². The second-order valence-electron chi connectivity index (χ2n) is 3.82. The number of pyridine rings is 1. The van der Waals surface area contributed by atoms with Gasteiger partial charge >= 0.3 is 0 Å². The van der Waals surface area contributed by atoms with Crippen LogP contribution in [0.4, 0.5) is 0 Å². The third-order valence-corrected chi connectivity index (χ3v) is 3.53. The van der Waals surface area contributed by atoms with E-state index in [9.17, 15) is 0 Å². The highest BCUT2D eigenvalue weighted by Crippen LogP contribution is 2.35. The molecule has 4 heteroatoms. The molecule has 0 unspecified atom stereocenters. The fourth-order valence-corrected chi connectivity index (χ4v) is 2.68. The molecule has 17 heavy (non-hydrogen) atoms. The summed E-state index contributed by atoms with van der Waals surface area (Å²) in [5.74, 6) is 0.784. The largest absolute Gasteiger partial charge is 0.496 e. The van der Waals surface area contributed by atoms with Crippen molar-refractivity contribution < 1.29 is 4.74 Å². The molecule has 0 aliphatic carbocycles. The van der Waals surface area contributed by atoms with Gasteiger partial charge in [0.05, 0.1) is 23.0 Å². The van der Waals surface area contributed by atoms with Crippen LogP contribution >= 0.6 is 27.5 Å². The Balaban J connectivity index is 2.74. The van der Waals surface area contributed by atoms with Crippen LogP contribution in [0.5, 0.6) is 5.75 Å². The Morgan fingerprint density at radius 2 is 2.18 bits per heavy atom. The Labute approximate surface area is 114 Å². The zero-order valence-electron chi connectivity index (χ0n) is 9.76. The highest BCUT2D eigenvalue weighted by molar-refractivity contribution is 9.10. The van der Waals surface area contributed by atoms with E-state index in [1.54, 1.807) is 7.11 Å². The van der Waals surface area contributed by atoms with Crippen molar-refractivity contribution in [1.82, 2.24) is 4.98 Å². The Kier molecular flexibility index (Phi) is 3.89. The summed E-state index contributed by atoms with van der Waals surface area (Å²) in [6.45, 7) is 2.13. The number of hydrogen-bond acceptors (Lipinski definition) is 2. The average Bonchev–Trinajstić information content (AvgIpc) is 2.31. The number of hydrogen-bond donors (Lipinski definition) is 0. The zero-order valence-corrected chi connectivity index (χ0v) is 12.1. The van der Waals surface area contributed by atoms with Crippen LogP contribution in [0, 0.1) is 0 Å². The number of nitrogens with zero attached hydrogens (tertiary/aromatic N) is 1. The van der Waals surface area contributed by atoms with Crippen LogP contribution in [0.3, 0.4) is 0 Å². The van der Waals surface area contributed by atoms with E-state index in [1.807, 2.05) is 18.2 Å². The summed E-state index contributed by atoms with van der Waals surface area (Å²) in [6.07, 6.45) is 2.01. The van der Waals surface area contributed by atoms with Gasteiger partial charge in [-0.15, -0.1) is 0 Å². The quantitative estimate of drug-likeness (QED) is 0.825. The van der Waals surface area contributed by atoms with E-state index in [1.165, 1.54) is 0 Å². The van der Waals surface area contributed by atoms with Crippen LogP contribution in [0.15, 0.2) is 22.7 Å². The summed E-state index contributed by atoms with van der Waals surface area (Å²) in [5.41, 5.74) is 1.84. The summed E-state index contributed by atoms with van der Waals surface area (Å²) in [6, 6.07) is 5.71. The lowest BCUT2D eigenvalue weighted by atomic mass is 10.1. The first-order chi connectivity index (χ1) is 8.17. The molecule has 0 N–H and O–H groups in total. The molecule has 0 bridgehead atoms. The standard InChI is InChI=1S/C13H13BrClNO/c1-3-4-8-7-9(14)12-11(17-2)6-5-10(15)13(12)16-8/h5-7H,3-4H2,1-2H3. The van der Waals surface area contributed by atoms with Gasteiger partial charge in [-0.05, 0) is 40.5 Å². The van der Waals surface area contributed by atoms with E-state index in [-0.39, 0.29) is 0 Å². The molecule has 1 aromatic heterocycles. The third-order valence-electron chi connectivity index (χ3n) is 2.60. The van der Waals surface area contributed by atoms with Crippen LogP contribution in [-0.4, -0.2) is 12.1 Å². The van der Waals surface area contributed by atoms with E-state index in [2.05, 4.69) is 27.8 Å². The predicted molar refractivity (Wildman–Crippen MR) is 75.0 cm³/mol. The molecule has 0 saturated heterocycles. The number of rotatable bonds is 3. The van der Waals surface area contributed by atoms with Crippen LogP contribution in [0.25, 0.3) is 10.9 Å². The molecule has 2 nitrogen and oxygen atoms in total. The lowest BCUT2D eigenvalue weighted by Gasteiger charge is -2.10. The Hall–Kier alpha value is -0.800. The second-order valence-corrected chi connectivity index (χ2v) is 5.08. The normalized spacial score (nSPS) is 10.8. The molecule has 2 aromatic rings. The molecule has 1 heterocycles. The van der Waals surface area contributed by atoms with Crippen molar-refractivity contribution in [2.45, 2.75) is 19.8 Å². The Morgan fingerprint density at radius 3 is 2.82 bits per heavy atom. The van der Waals surface area contributed by atoms with Crippen molar-refractivity contribution in [2.75, 3.05) is 7.11 Å². The van der Waals surface area contributed by atoms with Gasteiger partial charge in [-0.25, -0.2) is 0 Å². The molecule has 0 amide bonds. The number of aryl methyl sites for hydroxylation is 1. The number of aromatic nitrogens is 1. The van der Waals surface area contributed by atoms with Gasteiger partial charge in [0.1, 0.15) is 5.75 Å².